The molecule has 3 aromatic rings. The second-order valence-electron chi connectivity index (χ2n) is 5.44. The quantitative estimate of drug-likeness (QED) is 0.626. The van der Waals surface area contributed by atoms with Crippen molar-refractivity contribution in [1.82, 2.24) is 4.98 Å². The molecule has 0 radical (unpaired) electrons. The predicted octanol–water partition coefficient (Wildman–Crippen LogP) is 3.92. The Bertz CT molecular complexity index is 1050. The van der Waals surface area contributed by atoms with Gasteiger partial charge in [-0.3, -0.25) is 9.52 Å². The van der Waals surface area contributed by atoms with Crippen LogP contribution >= 0.6 is 22.9 Å². The van der Waals surface area contributed by atoms with E-state index in [1.54, 1.807) is 5.38 Å². The van der Waals surface area contributed by atoms with Crippen molar-refractivity contribution in [3.63, 3.8) is 0 Å². The minimum absolute atomic E-state index is 0.0451. The molecule has 1 aromatic heterocycles. The summed E-state index contributed by atoms with van der Waals surface area (Å²) >= 11 is 6.82. The van der Waals surface area contributed by atoms with Gasteiger partial charge in [0.05, 0.1) is 17.0 Å². The normalized spacial score (nSPS) is 11.2. The SMILES string of the molecule is O=C(Cc1csc(NS(=O)(=O)c2ccc(Cl)cc2)n1)Nc1ccc(F)cc1. The van der Waals surface area contributed by atoms with Gasteiger partial charge in [0.25, 0.3) is 10.0 Å². The highest BCUT2D eigenvalue weighted by atomic mass is 35.5. The topological polar surface area (TPSA) is 88.2 Å². The van der Waals surface area contributed by atoms with E-state index >= 15 is 0 Å². The molecule has 0 saturated carbocycles. The van der Waals surface area contributed by atoms with E-state index in [4.69, 9.17) is 11.6 Å². The molecule has 2 N–H and O–H groups in total. The number of carbonyl (C=O) groups excluding carboxylic acids is 1. The predicted molar refractivity (Wildman–Crippen MR) is 103 cm³/mol. The van der Waals surface area contributed by atoms with Gasteiger partial charge in [-0.1, -0.05) is 11.6 Å². The summed E-state index contributed by atoms with van der Waals surface area (Å²) in [5.74, 6) is -0.746. The van der Waals surface area contributed by atoms with Gasteiger partial charge in [-0.25, -0.2) is 17.8 Å². The number of thiazole rings is 1. The van der Waals surface area contributed by atoms with Gasteiger partial charge in [-0.2, -0.15) is 0 Å². The van der Waals surface area contributed by atoms with Crippen molar-refractivity contribution in [2.45, 2.75) is 11.3 Å². The molecule has 0 saturated heterocycles. The summed E-state index contributed by atoms with van der Waals surface area (Å²) < 4.78 is 39.9. The van der Waals surface area contributed by atoms with Gasteiger partial charge in [0, 0.05) is 16.1 Å². The number of nitrogens with one attached hydrogen (secondary N) is 2. The molecule has 140 valence electrons. The highest BCUT2D eigenvalue weighted by Crippen LogP contribution is 2.22. The minimum atomic E-state index is -3.79. The number of anilines is 2. The largest absolute Gasteiger partial charge is 0.326 e. The monoisotopic (exact) mass is 425 g/mol. The summed E-state index contributed by atoms with van der Waals surface area (Å²) in [5.41, 5.74) is 0.869. The molecule has 1 amide bonds. The molecule has 0 fully saturated rings. The van der Waals surface area contributed by atoms with Crippen LogP contribution in [-0.2, 0) is 21.2 Å². The van der Waals surface area contributed by atoms with Gasteiger partial charge < -0.3 is 5.32 Å². The fourth-order valence-corrected chi connectivity index (χ4v) is 4.21. The second-order valence-corrected chi connectivity index (χ2v) is 8.41. The van der Waals surface area contributed by atoms with Crippen molar-refractivity contribution in [3.05, 3.63) is 70.4 Å². The molecule has 1 heterocycles. The number of rotatable bonds is 6. The van der Waals surface area contributed by atoms with Gasteiger partial charge >= 0.3 is 0 Å². The molecule has 0 bridgehead atoms. The summed E-state index contributed by atoms with van der Waals surface area (Å²) in [6.07, 6.45) is -0.0451. The van der Waals surface area contributed by atoms with Crippen LogP contribution in [0.5, 0.6) is 0 Å². The van der Waals surface area contributed by atoms with Crippen LogP contribution in [0.2, 0.25) is 5.02 Å². The summed E-state index contributed by atoms with van der Waals surface area (Å²) in [5, 5.41) is 4.78. The number of nitrogens with zero attached hydrogens (tertiary/aromatic N) is 1. The number of aromatic nitrogens is 1. The maximum Gasteiger partial charge on any atom is 0.263 e. The lowest BCUT2D eigenvalue weighted by Crippen LogP contribution is -2.15. The van der Waals surface area contributed by atoms with Crippen LogP contribution in [-0.4, -0.2) is 19.3 Å². The molecule has 0 aliphatic carbocycles. The molecule has 0 spiro atoms. The fraction of sp³-hybridized carbons (Fsp3) is 0.0588. The molecule has 10 heteroatoms. The number of hydrogen-bond acceptors (Lipinski definition) is 5. The van der Waals surface area contributed by atoms with Crippen molar-refractivity contribution in [2.75, 3.05) is 10.0 Å². The number of carbonyl (C=O) groups is 1. The number of halogens is 2. The van der Waals surface area contributed by atoms with E-state index in [2.05, 4.69) is 15.0 Å². The first-order valence-electron chi connectivity index (χ1n) is 7.60. The molecule has 0 aliphatic heterocycles. The number of hydrogen-bond donors (Lipinski definition) is 2. The van der Waals surface area contributed by atoms with Crippen LogP contribution in [0, 0.1) is 5.82 Å². The standard InChI is InChI=1S/C17H13ClFN3O3S2/c18-11-1-7-15(8-2-11)27(24,25)22-17-21-14(10-26-17)9-16(23)20-13-5-3-12(19)4-6-13/h1-8,10H,9H2,(H,20,23)(H,21,22). The lowest BCUT2D eigenvalue weighted by atomic mass is 10.3. The van der Waals surface area contributed by atoms with E-state index in [0.29, 0.717) is 16.4 Å². The smallest absolute Gasteiger partial charge is 0.263 e. The van der Waals surface area contributed by atoms with Crippen LogP contribution in [0.4, 0.5) is 15.2 Å². The summed E-state index contributed by atoms with van der Waals surface area (Å²) in [4.78, 5) is 16.2. The third kappa shape index (κ3) is 5.25. The molecule has 0 atom stereocenters. The number of benzene rings is 2. The van der Waals surface area contributed by atoms with Crippen molar-refractivity contribution < 1.29 is 17.6 Å². The summed E-state index contributed by atoms with van der Waals surface area (Å²) in [7, 11) is -3.79. The Labute approximate surface area is 164 Å². The van der Waals surface area contributed by atoms with E-state index < -0.39 is 15.8 Å². The van der Waals surface area contributed by atoms with Crippen molar-refractivity contribution >= 4 is 49.7 Å². The average Bonchev–Trinajstić information content (AvgIpc) is 3.03. The maximum absolute atomic E-state index is 12.9. The molecule has 3 rings (SSSR count). The highest BCUT2D eigenvalue weighted by molar-refractivity contribution is 7.93. The summed E-state index contributed by atoms with van der Waals surface area (Å²) in [6, 6.07) is 11.1. The lowest BCUT2D eigenvalue weighted by molar-refractivity contribution is -0.115. The third-order valence-electron chi connectivity index (χ3n) is 3.37. The van der Waals surface area contributed by atoms with Gasteiger partial charge in [0.2, 0.25) is 5.91 Å². The van der Waals surface area contributed by atoms with E-state index in [-0.39, 0.29) is 22.4 Å². The zero-order valence-corrected chi connectivity index (χ0v) is 16.0. The molecule has 0 aliphatic rings. The van der Waals surface area contributed by atoms with Crippen molar-refractivity contribution in [1.29, 1.82) is 0 Å². The molecule has 27 heavy (non-hydrogen) atoms. The van der Waals surface area contributed by atoms with Crippen LogP contribution < -0.4 is 10.0 Å². The average molecular weight is 426 g/mol. The van der Waals surface area contributed by atoms with E-state index in [1.807, 2.05) is 0 Å². The first-order chi connectivity index (χ1) is 12.8. The Morgan fingerprint density at radius 3 is 2.44 bits per heavy atom. The van der Waals surface area contributed by atoms with Crippen LogP contribution in [0.25, 0.3) is 0 Å². The zero-order chi connectivity index (χ0) is 19.4. The molecule has 6 nitrogen and oxygen atoms in total. The first-order valence-corrected chi connectivity index (χ1v) is 10.3. The molecular formula is C17H13ClFN3O3S2. The van der Waals surface area contributed by atoms with Gasteiger partial charge in [0.1, 0.15) is 5.82 Å². The van der Waals surface area contributed by atoms with Crippen LogP contribution in [0.15, 0.2) is 58.8 Å². The highest BCUT2D eigenvalue weighted by Gasteiger charge is 2.17. The van der Waals surface area contributed by atoms with Crippen LogP contribution in [0.1, 0.15) is 5.69 Å². The van der Waals surface area contributed by atoms with Gasteiger partial charge in [0.15, 0.2) is 5.13 Å². The first kappa shape index (κ1) is 19.3. The maximum atomic E-state index is 12.9. The fourth-order valence-electron chi connectivity index (χ4n) is 2.13. The Kier molecular flexibility index (Phi) is 5.73. The third-order valence-corrected chi connectivity index (χ3v) is 5.91. The lowest BCUT2D eigenvalue weighted by Gasteiger charge is -2.05. The van der Waals surface area contributed by atoms with E-state index in [0.717, 1.165) is 11.3 Å². The van der Waals surface area contributed by atoms with E-state index in [1.165, 1.54) is 48.5 Å². The minimum Gasteiger partial charge on any atom is -0.326 e. The summed E-state index contributed by atoms with van der Waals surface area (Å²) in [6.45, 7) is 0. The van der Waals surface area contributed by atoms with Gasteiger partial charge in [-0.05, 0) is 48.5 Å². The molecular weight excluding hydrogens is 413 g/mol. The Morgan fingerprint density at radius 2 is 1.78 bits per heavy atom. The van der Waals surface area contributed by atoms with Crippen molar-refractivity contribution in [2.24, 2.45) is 0 Å². The Morgan fingerprint density at radius 1 is 1.11 bits per heavy atom. The number of amides is 1. The van der Waals surface area contributed by atoms with Crippen LogP contribution in [0.3, 0.4) is 0 Å². The second kappa shape index (κ2) is 8.03. The Balaban J connectivity index is 1.63. The molecule has 2 aromatic carbocycles. The molecule has 0 unspecified atom stereocenters. The van der Waals surface area contributed by atoms with Gasteiger partial charge in [-0.15, -0.1) is 11.3 Å². The van der Waals surface area contributed by atoms with Crippen molar-refractivity contribution in [3.8, 4) is 0 Å². The Hall–Kier alpha value is -2.49. The van der Waals surface area contributed by atoms with E-state index in [9.17, 15) is 17.6 Å². The number of sulfonamides is 1. The zero-order valence-electron chi connectivity index (χ0n) is 13.6.